The average molecular weight is 212 g/mol. The Morgan fingerprint density at radius 1 is 1.50 bits per heavy atom. The lowest BCUT2D eigenvalue weighted by Crippen LogP contribution is -2.21. The maximum atomic E-state index is 5.86. The van der Waals surface area contributed by atoms with Crippen molar-refractivity contribution in [1.29, 1.82) is 0 Å². The van der Waals surface area contributed by atoms with Crippen molar-refractivity contribution in [2.45, 2.75) is 32.4 Å². The standard InChI is InChI=1S/C10H14ClN3/c1-7-5-9(11)13-10(12-7)6-14(2)8-3-4-8/h5,8H,3-4,6H2,1-2H3. The molecule has 76 valence electrons. The minimum atomic E-state index is 0.539. The molecule has 0 atom stereocenters. The molecule has 1 aromatic heterocycles. The van der Waals surface area contributed by atoms with Gasteiger partial charge in [-0.1, -0.05) is 11.6 Å². The molecule has 1 saturated carbocycles. The van der Waals surface area contributed by atoms with Crippen molar-refractivity contribution < 1.29 is 0 Å². The Morgan fingerprint density at radius 2 is 2.21 bits per heavy atom. The molecule has 4 heteroatoms. The minimum absolute atomic E-state index is 0.539. The molecular formula is C10H14ClN3. The van der Waals surface area contributed by atoms with Crippen LogP contribution in [0.5, 0.6) is 0 Å². The first kappa shape index (κ1) is 9.87. The van der Waals surface area contributed by atoms with Crippen LogP contribution in [0.2, 0.25) is 5.15 Å². The third-order valence-electron chi connectivity index (χ3n) is 2.43. The summed E-state index contributed by atoms with van der Waals surface area (Å²) in [6, 6.07) is 2.51. The van der Waals surface area contributed by atoms with Gasteiger partial charge in [-0.2, -0.15) is 0 Å². The number of rotatable bonds is 3. The number of aryl methyl sites for hydroxylation is 1. The molecule has 0 bridgehead atoms. The summed E-state index contributed by atoms with van der Waals surface area (Å²) < 4.78 is 0. The number of aromatic nitrogens is 2. The Kier molecular flexibility index (Phi) is 2.70. The van der Waals surface area contributed by atoms with Crippen LogP contribution in [-0.4, -0.2) is 28.0 Å². The molecule has 0 unspecified atom stereocenters. The molecule has 0 N–H and O–H groups in total. The van der Waals surface area contributed by atoms with E-state index in [4.69, 9.17) is 11.6 Å². The number of halogens is 1. The molecule has 1 aromatic rings. The van der Waals surface area contributed by atoms with E-state index in [2.05, 4.69) is 21.9 Å². The molecule has 14 heavy (non-hydrogen) atoms. The molecule has 1 aliphatic carbocycles. The van der Waals surface area contributed by atoms with E-state index < -0.39 is 0 Å². The molecule has 1 fully saturated rings. The molecule has 0 aromatic carbocycles. The van der Waals surface area contributed by atoms with Gasteiger partial charge >= 0.3 is 0 Å². The summed E-state index contributed by atoms with van der Waals surface area (Å²) in [5.74, 6) is 0.824. The van der Waals surface area contributed by atoms with Gasteiger partial charge in [0.15, 0.2) is 0 Å². The lowest BCUT2D eigenvalue weighted by atomic mass is 10.4. The molecule has 3 nitrogen and oxygen atoms in total. The van der Waals surface area contributed by atoms with E-state index >= 15 is 0 Å². The Hall–Kier alpha value is -0.670. The van der Waals surface area contributed by atoms with Crippen LogP contribution in [-0.2, 0) is 6.54 Å². The number of hydrogen-bond donors (Lipinski definition) is 0. The Bertz CT molecular complexity index is 316. The molecular weight excluding hydrogens is 198 g/mol. The van der Waals surface area contributed by atoms with Gasteiger partial charge in [-0.25, -0.2) is 9.97 Å². The van der Waals surface area contributed by atoms with Crippen molar-refractivity contribution in [1.82, 2.24) is 14.9 Å². The number of hydrogen-bond acceptors (Lipinski definition) is 3. The van der Waals surface area contributed by atoms with Crippen molar-refractivity contribution >= 4 is 11.6 Å². The molecule has 0 radical (unpaired) electrons. The first-order valence-corrected chi connectivity index (χ1v) is 5.23. The topological polar surface area (TPSA) is 29.0 Å². The van der Waals surface area contributed by atoms with Gasteiger partial charge in [-0.15, -0.1) is 0 Å². The predicted molar refractivity (Wildman–Crippen MR) is 56.3 cm³/mol. The molecule has 1 heterocycles. The fourth-order valence-electron chi connectivity index (χ4n) is 1.53. The van der Waals surface area contributed by atoms with E-state index in [9.17, 15) is 0 Å². The van der Waals surface area contributed by atoms with Crippen molar-refractivity contribution in [3.63, 3.8) is 0 Å². The van der Waals surface area contributed by atoms with E-state index in [-0.39, 0.29) is 0 Å². The molecule has 0 aliphatic heterocycles. The Labute approximate surface area is 89.1 Å². The highest BCUT2D eigenvalue weighted by Crippen LogP contribution is 2.26. The van der Waals surface area contributed by atoms with Crippen LogP contribution in [0.4, 0.5) is 0 Å². The summed E-state index contributed by atoms with van der Waals surface area (Å²) in [7, 11) is 2.11. The zero-order valence-corrected chi connectivity index (χ0v) is 9.25. The van der Waals surface area contributed by atoms with Crippen LogP contribution in [0, 0.1) is 6.92 Å². The van der Waals surface area contributed by atoms with E-state index in [0.29, 0.717) is 5.15 Å². The first-order chi connectivity index (χ1) is 6.65. The van der Waals surface area contributed by atoms with Crippen LogP contribution >= 0.6 is 11.6 Å². The second kappa shape index (κ2) is 3.83. The second-order valence-electron chi connectivity index (χ2n) is 3.89. The first-order valence-electron chi connectivity index (χ1n) is 4.85. The second-order valence-corrected chi connectivity index (χ2v) is 4.28. The van der Waals surface area contributed by atoms with Gasteiger partial charge in [-0.3, -0.25) is 4.90 Å². The van der Waals surface area contributed by atoms with Gasteiger partial charge in [-0.05, 0) is 32.9 Å². The smallest absolute Gasteiger partial charge is 0.144 e. The maximum absolute atomic E-state index is 5.86. The molecule has 0 amide bonds. The van der Waals surface area contributed by atoms with Gasteiger partial charge in [0.1, 0.15) is 11.0 Å². The third-order valence-corrected chi connectivity index (χ3v) is 2.62. The quantitative estimate of drug-likeness (QED) is 0.717. The summed E-state index contributed by atoms with van der Waals surface area (Å²) >= 11 is 5.86. The van der Waals surface area contributed by atoms with Gasteiger partial charge < -0.3 is 0 Å². The van der Waals surface area contributed by atoms with Crippen LogP contribution in [0.1, 0.15) is 24.4 Å². The maximum Gasteiger partial charge on any atom is 0.144 e. The van der Waals surface area contributed by atoms with Gasteiger partial charge in [0, 0.05) is 11.7 Å². The lowest BCUT2D eigenvalue weighted by Gasteiger charge is -2.14. The summed E-state index contributed by atoms with van der Waals surface area (Å²) in [6.07, 6.45) is 2.60. The fraction of sp³-hybridized carbons (Fsp3) is 0.600. The zero-order chi connectivity index (χ0) is 10.1. The monoisotopic (exact) mass is 211 g/mol. The third kappa shape index (κ3) is 2.42. The van der Waals surface area contributed by atoms with Crippen LogP contribution in [0.15, 0.2) is 6.07 Å². The highest BCUT2D eigenvalue weighted by atomic mass is 35.5. The van der Waals surface area contributed by atoms with Crippen molar-refractivity contribution in [3.8, 4) is 0 Å². The Balaban J connectivity index is 2.07. The number of nitrogens with zero attached hydrogens (tertiary/aromatic N) is 3. The van der Waals surface area contributed by atoms with Gasteiger partial charge in [0.05, 0.1) is 6.54 Å². The largest absolute Gasteiger partial charge is 0.296 e. The minimum Gasteiger partial charge on any atom is -0.296 e. The lowest BCUT2D eigenvalue weighted by molar-refractivity contribution is 0.308. The van der Waals surface area contributed by atoms with Crippen molar-refractivity contribution in [2.24, 2.45) is 0 Å². The van der Waals surface area contributed by atoms with E-state index in [1.165, 1.54) is 12.8 Å². The molecule has 2 rings (SSSR count). The Morgan fingerprint density at radius 3 is 2.79 bits per heavy atom. The normalized spacial score (nSPS) is 16.3. The zero-order valence-electron chi connectivity index (χ0n) is 8.50. The van der Waals surface area contributed by atoms with E-state index in [1.807, 2.05) is 6.92 Å². The van der Waals surface area contributed by atoms with Crippen LogP contribution in [0.3, 0.4) is 0 Å². The van der Waals surface area contributed by atoms with Crippen molar-refractivity contribution in [3.05, 3.63) is 22.7 Å². The van der Waals surface area contributed by atoms with Crippen molar-refractivity contribution in [2.75, 3.05) is 7.05 Å². The van der Waals surface area contributed by atoms with Gasteiger partial charge in [0.2, 0.25) is 0 Å². The summed E-state index contributed by atoms with van der Waals surface area (Å²) in [5, 5.41) is 0.539. The fourth-order valence-corrected chi connectivity index (χ4v) is 1.78. The summed E-state index contributed by atoms with van der Waals surface area (Å²) in [4.78, 5) is 10.8. The molecule has 1 aliphatic rings. The highest BCUT2D eigenvalue weighted by Gasteiger charge is 2.26. The summed E-state index contributed by atoms with van der Waals surface area (Å²) in [5.41, 5.74) is 0.934. The van der Waals surface area contributed by atoms with Crippen LogP contribution < -0.4 is 0 Å². The molecule has 0 spiro atoms. The predicted octanol–water partition coefficient (Wildman–Crippen LogP) is 2.03. The molecule has 0 saturated heterocycles. The SMILES string of the molecule is Cc1cc(Cl)nc(CN(C)C2CC2)n1. The van der Waals surface area contributed by atoms with Gasteiger partial charge in [0.25, 0.3) is 0 Å². The summed E-state index contributed by atoms with van der Waals surface area (Å²) in [6.45, 7) is 2.74. The highest BCUT2D eigenvalue weighted by molar-refractivity contribution is 6.29. The average Bonchev–Trinajstić information content (AvgIpc) is 2.82. The van der Waals surface area contributed by atoms with E-state index in [1.54, 1.807) is 6.07 Å². The van der Waals surface area contributed by atoms with Crippen LogP contribution in [0.25, 0.3) is 0 Å². The van der Waals surface area contributed by atoms with E-state index in [0.717, 1.165) is 24.1 Å².